The summed E-state index contributed by atoms with van der Waals surface area (Å²) in [7, 11) is 0. The Kier molecular flexibility index (Phi) is 5.83. The number of anilines is 1. The number of ether oxygens (including phenoxy) is 2. The third-order valence-electron chi connectivity index (χ3n) is 5.34. The Hall–Kier alpha value is -2.05. The SMILES string of the molecule is C[C@@H](O)COc1nc(NC2CCCC2)c2cnn([C@@H]3O[C@H](CO)[C@@H](O)[C@H]3O)c2n1. The third kappa shape index (κ3) is 4.01. The van der Waals surface area contributed by atoms with Crippen molar-refractivity contribution < 1.29 is 29.9 Å². The predicted octanol–water partition coefficient (Wildman–Crippen LogP) is -0.448. The van der Waals surface area contributed by atoms with Gasteiger partial charge in [0.15, 0.2) is 11.9 Å². The van der Waals surface area contributed by atoms with Gasteiger partial charge in [-0.15, -0.1) is 0 Å². The van der Waals surface area contributed by atoms with E-state index in [0.717, 1.165) is 25.7 Å². The summed E-state index contributed by atoms with van der Waals surface area (Å²) in [6, 6.07) is 0.349. The van der Waals surface area contributed by atoms with Gasteiger partial charge in [-0.2, -0.15) is 15.1 Å². The van der Waals surface area contributed by atoms with Crippen LogP contribution in [0.15, 0.2) is 6.20 Å². The molecule has 5 N–H and O–H groups in total. The van der Waals surface area contributed by atoms with E-state index in [2.05, 4.69) is 20.4 Å². The average molecular weight is 409 g/mol. The van der Waals surface area contributed by atoms with Gasteiger partial charge in [-0.05, 0) is 19.8 Å². The normalized spacial score (nSPS) is 28.9. The van der Waals surface area contributed by atoms with Gasteiger partial charge in [0, 0.05) is 6.04 Å². The molecule has 5 atom stereocenters. The lowest BCUT2D eigenvalue weighted by molar-refractivity contribution is -0.0566. The second kappa shape index (κ2) is 8.36. The van der Waals surface area contributed by atoms with E-state index >= 15 is 0 Å². The van der Waals surface area contributed by atoms with Crippen molar-refractivity contribution in [1.29, 1.82) is 0 Å². The largest absolute Gasteiger partial charge is 0.461 e. The van der Waals surface area contributed by atoms with Crippen LogP contribution in [0.25, 0.3) is 11.0 Å². The molecular formula is C18H27N5O6. The molecule has 160 valence electrons. The molecule has 2 aromatic heterocycles. The zero-order valence-electron chi connectivity index (χ0n) is 16.2. The van der Waals surface area contributed by atoms with Crippen LogP contribution in [0, 0.1) is 0 Å². The molecule has 0 bridgehead atoms. The molecule has 0 amide bonds. The van der Waals surface area contributed by atoms with Gasteiger partial charge in [0.05, 0.1) is 24.3 Å². The molecule has 0 unspecified atom stereocenters. The maximum absolute atomic E-state index is 10.4. The van der Waals surface area contributed by atoms with E-state index in [1.54, 1.807) is 13.1 Å². The first-order chi connectivity index (χ1) is 14.0. The van der Waals surface area contributed by atoms with E-state index < -0.39 is 37.3 Å². The first-order valence-corrected chi connectivity index (χ1v) is 9.93. The minimum atomic E-state index is -1.28. The summed E-state index contributed by atoms with van der Waals surface area (Å²) in [6.45, 7) is 1.19. The molecule has 0 aromatic carbocycles. The lowest BCUT2D eigenvalue weighted by atomic mass is 10.1. The van der Waals surface area contributed by atoms with Crippen LogP contribution in [-0.2, 0) is 4.74 Å². The molecule has 1 aliphatic heterocycles. The summed E-state index contributed by atoms with van der Waals surface area (Å²) in [4.78, 5) is 8.82. The van der Waals surface area contributed by atoms with Crippen molar-refractivity contribution in [1.82, 2.24) is 19.7 Å². The Balaban J connectivity index is 1.71. The lowest BCUT2D eigenvalue weighted by Crippen LogP contribution is -2.33. The van der Waals surface area contributed by atoms with Crippen LogP contribution >= 0.6 is 0 Å². The molecule has 29 heavy (non-hydrogen) atoms. The zero-order valence-corrected chi connectivity index (χ0v) is 16.2. The monoisotopic (exact) mass is 409 g/mol. The third-order valence-corrected chi connectivity index (χ3v) is 5.34. The zero-order chi connectivity index (χ0) is 20.5. The summed E-state index contributed by atoms with van der Waals surface area (Å²) >= 11 is 0. The van der Waals surface area contributed by atoms with Crippen molar-refractivity contribution in [2.75, 3.05) is 18.5 Å². The minimum absolute atomic E-state index is 0.0242. The molecule has 2 fully saturated rings. The van der Waals surface area contributed by atoms with Crippen LogP contribution in [0.1, 0.15) is 38.8 Å². The number of nitrogens with one attached hydrogen (secondary N) is 1. The van der Waals surface area contributed by atoms with Gasteiger partial charge in [0.2, 0.25) is 0 Å². The molecule has 0 radical (unpaired) electrons. The van der Waals surface area contributed by atoms with Crippen molar-refractivity contribution in [3.8, 4) is 6.01 Å². The van der Waals surface area contributed by atoms with E-state index in [4.69, 9.17) is 9.47 Å². The number of aromatic nitrogens is 4. The molecule has 11 heteroatoms. The molecule has 2 aliphatic rings. The van der Waals surface area contributed by atoms with Gasteiger partial charge in [-0.25, -0.2) is 4.68 Å². The summed E-state index contributed by atoms with van der Waals surface area (Å²) < 4.78 is 12.5. The quantitative estimate of drug-likeness (QED) is 0.406. The number of rotatable bonds is 7. The maximum atomic E-state index is 10.4. The molecule has 11 nitrogen and oxygen atoms in total. The first kappa shape index (κ1) is 20.2. The molecular weight excluding hydrogens is 382 g/mol. The Bertz CT molecular complexity index is 840. The standard InChI is InChI=1S/C18H27N5O6/c1-9(25)8-28-18-21-15(20-10-4-2-3-5-10)11-6-19-23(16(11)22-18)17-14(27)13(26)12(7-24)29-17/h6,9-10,12-14,17,24-27H,2-5,7-8H2,1H3,(H,20,21,22)/t9-,12-,13-,14-,17-/m1/s1. The molecule has 2 aromatic rings. The van der Waals surface area contributed by atoms with Crippen LogP contribution in [0.2, 0.25) is 0 Å². The number of nitrogens with zero attached hydrogens (tertiary/aromatic N) is 4. The van der Waals surface area contributed by atoms with Crippen LogP contribution < -0.4 is 10.1 Å². The number of hydrogen-bond donors (Lipinski definition) is 5. The molecule has 0 spiro atoms. The van der Waals surface area contributed by atoms with E-state index in [-0.39, 0.29) is 18.7 Å². The van der Waals surface area contributed by atoms with E-state index in [9.17, 15) is 20.4 Å². The highest BCUT2D eigenvalue weighted by molar-refractivity contribution is 5.87. The van der Waals surface area contributed by atoms with Gasteiger partial charge in [-0.1, -0.05) is 12.8 Å². The second-order valence-corrected chi connectivity index (χ2v) is 7.70. The summed E-state index contributed by atoms with van der Waals surface area (Å²) in [5.74, 6) is 0.556. The fourth-order valence-corrected chi connectivity index (χ4v) is 3.81. The molecule has 3 heterocycles. The first-order valence-electron chi connectivity index (χ1n) is 9.93. The van der Waals surface area contributed by atoms with Gasteiger partial charge >= 0.3 is 6.01 Å². The van der Waals surface area contributed by atoms with Crippen LogP contribution in [0.3, 0.4) is 0 Å². The molecule has 1 aliphatic carbocycles. The lowest BCUT2D eigenvalue weighted by Gasteiger charge is -2.17. The maximum Gasteiger partial charge on any atom is 0.320 e. The average Bonchev–Trinajstić information content (AvgIpc) is 3.41. The summed E-state index contributed by atoms with van der Waals surface area (Å²) in [5, 5.41) is 47.6. The van der Waals surface area contributed by atoms with Crippen LogP contribution in [0.4, 0.5) is 5.82 Å². The predicted molar refractivity (Wildman–Crippen MR) is 101 cm³/mol. The number of aliphatic hydroxyl groups excluding tert-OH is 4. The molecule has 1 saturated heterocycles. The van der Waals surface area contributed by atoms with Gasteiger partial charge in [-0.3, -0.25) is 0 Å². The Labute approximate surface area is 167 Å². The number of aliphatic hydroxyl groups is 4. The van der Waals surface area contributed by atoms with Crippen molar-refractivity contribution in [2.45, 2.75) is 69.3 Å². The molecule has 4 rings (SSSR count). The van der Waals surface area contributed by atoms with Gasteiger partial charge in [0.25, 0.3) is 0 Å². The van der Waals surface area contributed by atoms with Crippen molar-refractivity contribution in [2.24, 2.45) is 0 Å². The van der Waals surface area contributed by atoms with Crippen LogP contribution in [0.5, 0.6) is 6.01 Å². The smallest absolute Gasteiger partial charge is 0.320 e. The van der Waals surface area contributed by atoms with E-state index in [1.807, 2.05) is 0 Å². The van der Waals surface area contributed by atoms with Crippen molar-refractivity contribution in [3.05, 3.63) is 6.20 Å². The number of fused-ring (bicyclic) bond motifs is 1. The fraction of sp³-hybridized carbons (Fsp3) is 0.722. The van der Waals surface area contributed by atoms with Gasteiger partial charge < -0.3 is 35.2 Å². The van der Waals surface area contributed by atoms with E-state index in [1.165, 1.54) is 4.68 Å². The second-order valence-electron chi connectivity index (χ2n) is 7.70. The fourth-order valence-electron chi connectivity index (χ4n) is 3.81. The van der Waals surface area contributed by atoms with E-state index in [0.29, 0.717) is 16.9 Å². The summed E-state index contributed by atoms with van der Waals surface area (Å²) in [6.07, 6.45) is 0.808. The highest BCUT2D eigenvalue weighted by atomic mass is 16.6. The topological polar surface area (TPSA) is 155 Å². The van der Waals surface area contributed by atoms with Gasteiger partial charge in [0.1, 0.15) is 30.7 Å². The highest BCUT2D eigenvalue weighted by Gasteiger charge is 2.44. The Morgan fingerprint density at radius 2 is 2.03 bits per heavy atom. The number of hydrogen-bond acceptors (Lipinski definition) is 10. The highest BCUT2D eigenvalue weighted by Crippen LogP contribution is 2.33. The summed E-state index contributed by atoms with van der Waals surface area (Å²) in [5.41, 5.74) is 0.357. The Morgan fingerprint density at radius 1 is 1.28 bits per heavy atom. The van der Waals surface area contributed by atoms with Crippen LogP contribution in [-0.4, -0.2) is 83.8 Å². The molecule has 1 saturated carbocycles. The minimum Gasteiger partial charge on any atom is -0.461 e. The van der Waals surface area contributed by atoms with Crippen molar-refractivity contribution >= 4 is 16.9 Å². The van der Waals surface area contributed by atoms with Crippen molar-refractivity contribution in [3.63, 3.8) is 0 Å². The Morgan fingerprint density at radius 3 is 2.69 bits per heavy atom.